The Labute approximate surface area is 83.7 Å². The first-order valence-corrected chi connectivity index (χ1v) is 5.66. The lowest BCUT2D eigenvalue weighted by Crippen LogP contribution is -2.36. The van der Waals surface area contributed by atoms with E-state index in [1.165, 1.54) is 19.3 Å². The molecule has 1 aliphatic carbocycles. The number of hydrogen-bond acceptors (Lipinski definition) is 1. The summed E-state index contributed by atoms with van der Waals surface area (Å²) in [5.41, 5.74) is 0. The second kappa shape index (κ2) is 4.08. The minimum atomic E-state index is 0.844. The molecule has 0 N–H and O–H groups in total. The third-order valence-electron chi connectivity index (χ3n) is 2.77. The van der Waals surface area contributed by atoms with Crippen molar-refractivity contribution < 1.29 is 0 Å². The van der Waals surface area contributed by atoms with Gasteiger partial charge in [0.1, 0.15) is 0 Å². The van der Waals surface area contributed by atoms with Gasteiger partial charge < -0.3 is 4.90 Å². The molecule has 11 heavy (non-hydrogen) atoms. The molecule has 3 atom stereocenters. The summed E-state index contributed by atoms with van der Waals surface area (Å²) in [6.45, 7) is 2.38. The SMILES string of the molecule is CC1CC(N(C)C)CCC1I. The van der Waals surface area contributed by atoms with Gasteiger partial charge in [-0.3, -0.25) is 0 Å². The van der Waals surface area contributed by atoms with Gasteiger partial charge in [-0.1, -0.05) is 29.5 Å². The van der Waals surface area contributed by atoms with E-state index in [4.69, 9.17) is 0 Å². The van der Waals surface area contributed by atoms with E-state index in [1.807, 2.05) is 0 Å². The average Bonchev–Trinajstić information content (AvgIpc) is 1.94. The minimum Gasteiger partial charge on any atom is -0.306 e. The van der Waals surface area contributed by atoms with Crippen molar-refractivity contribution in [2.45, 2.75) is 36.2 Å². The van der Waals surface area contributed by atoms with Gasteiger partial charge in [0.2, 0.25) is 0 Å². The van der Waals surface area contributed by atoms with E-state index in [-0.39, 0.29) is 0 Å². The summed E-state index contributed by atoms with van der Waals surface area (Å²) in [4.78, 5) is 2.37. The molecular formula is C9H18IN. The molecule has 3 unspecified atom stereocenters. The lowest BCUT2D eigenvalue weighted by Gasteiger charge is -2.34. The van der Waals surface area contributed by atoms with Crippen molar-refractivity contribution in [1.82, 2.24) is 4.90 Å². The molecule has 0 aromatic rings. The Balaban J connectivity index is 2.40. The van der Waals surface area contributed by atoms with Gasteiger partial charge in [-0.05, 0) is 39.3 Å². The van der Waals surface area contributed by atoms with Gasteiger partial charge in [-0.15, -0.1) is 0 Å². The van der Waals surface area contributed by atoms with Crippen LogP contribution in [0.25, 0.3) is 0 Å². The average molecular weight is 267 g/mol. The van der Waals surface area contributed by atoms with Gasteiger partial charge in [0.15, 0.2) is 0 Å². The molecule has 1 saturated carbocycles. The number of hydrogen-bond donors (Lipinski definition) is 0. The highest BCUT2D eigenvalue weighted by molar-refractivity contribution is 14.1. The maximum absolute atomic E-state index is 2.60. The summed E-state index contributed by atoms with van der Waals surface area (Å²) < 4.78 is 0.920. The molecule has 0 aliphatic heterocycles. The lowest BCUT2D eigenvalue weighted by molar-refractivity contribution is 0.201. The number of nitrogens with zero attached hydrogens (tertiary/aromatic N) is 1. The minimum absolute atomic E-state index is 0.844. The van der Waals surface area contributed by atoms with Crippen molar-refractivity contribution in [2.24, 2.45) is 5.92 Å². The highest BCUT2D eigenvalue weighted by atomic mass is 127. The van der Waals surface area contributed by atoms with Crippen molar-refractivity contribution in [3.63, 3.8) is 0 Å². The highest BCUT2D eigenvalue weighted by Gasteiger charge is 2.26. The van der Waals surface area contributed by atoms with Crippen LogP contribution in [-0.2, 0) is 0 Å². The van der Waals surface area contributed by atoms with Crippen LogP contribution in [0.4, 0.5) is 0 Å². The smallest absolute Gasteiger partial charge is 0.0136 e. The van der Waals surface area contributed by atoms with Crippen LogP contribution in [0.1, 0.15) is 26.2 Å². The second-order valence-corrected chi connectivity index (χ2v) is 5.52. The normalized spacial score (nSPS) is 39.5. The Morgan fingerprint density at radius 2 is 1.91 bits per heavy atom. The molecule has 0 aromatic heterocycles. The molecule has 0 bridgehead atoms. The molecular weight excluding hydrogens is 249 g/mol. The Morgan fingerprint density at radius 3 is 2.36 bits per heavy atom. The molecule has 1 fully saturated rings. The summed E-state index contributed by atoms with van der Waals surface area (Å²) in [7, 11) is 4.40. The van der Waals surface area contributed by atoms with Gasteiger partial charge in [0.25, 0.3) is 0 Å². The van der Waals surface area contributed by atoms with E-state index >= 15 is 0 Å². The van der Waals surface area contributed by atoms with Crippen molar-refractivity contribution in [3.05, 3.63) is 0 Å². The van der Waals surface area contributed by atoms with Gasteiger partial charge in [-0.25, -0.2) is 0 Å². The zero-order valence-corrected chi connectivity index (χ0v) is 9.84. The van der Waals surface area contributed by atoms with Crippen LogP contribution >= 0.6 is 22.6 Å². The molecule has 1 nitrogen and oxygen atoms in total. The monoisotopic (exact) mass is 267 g/mol. The molecule has 66 valence electrons. The van der Waals surface area contributed by atoms with Crippen LogP contribution in [0.5, 0.6) is 0 Å². The van der Waals surface area contributed by atoms with E-state index in [0.717, 1.165) is 15.9 Å². The fourth-order valence-corrected chi connectivity index (χ4v) is 2.45. The molecule has 0 heterocycles. The van der Waals surface area contributed by atoms with E-state index in [9.17, 15) is 0 Å². The lowest BCUT2D eigenvalue weighted by atomic mass is 9.86. The fraction of sp³-hybridized carbons (Fsp3) is 1.00. The van der Waals surface area contributed by atoms with Crippen LogP contribution in [0.15, 0.2) is 0 Å². The van der Waals surface area contributed by atoms with Crippen LogP contribution in [0.2, 0.25) is 0 Å². The Hall–Kier alpha value is 0.690. The van der Waals surface area contributed by atoms with Gasteiger partial charge in [-0.2, -0.15) is 0 Å². The second-order valence-electron chi connectivity index (χ2n) is 3.92. The fourth-order valence-electron chi connectivity index (χ4n) is 1.80. The zero-order chi connectivity index (χ0) is 8.43. The largest absolute Gasteiger partial charge is 0.306 e. The number of alkyl halides is 1. The van der Waals surface area contributed by atoms with E-state index in [1.54, 1.807) is 0 Å². The Kier molecular flexibility index (Phi) is 3.62. The molecule has 0 radical (unpaired) electrons. The van der Waals surface area contributed by atoms with Crippen LogP contribution < -0.4 is 0 Å². The zero-order valence-electron chi connectivity index (χ0n) is 7.68. The summed E-state index contributed by atoms with van der Waals surface area (Å²) in [5, 5.41) is 0. The van der Waals surface area contributed by atoms with E-state index in [2.05, 4.69) is 48.5 Å². The van der Waals surface area contributed by atoms with Crippen LogP contribution in [-0.4, -0.2) is 29.0 Å². The van der Waals surface area contributed by atoms with E-state index in [0.29, 0.717) is 0 Å². The first-order valence-electron chi connectivity index (χ1n) is 4.41. The molecule has 0 spiro atoms. The summed E-state index contributed by atoms with van der Waals surface area (Å²) in [6.07, 6.45) is 4.19. The third kappa shape index (κ3) is 2.58. The number of halogens is 1. The van der Waals surface area contributed by atoms with Gasteiger partial charge in [0.05, 0.1) is 0 Å². The number of rotatable bonds is 1. The molecule has 2 heteroatoms. The summed E-state index contributed by atoms with van der Waals surface area (Å²) in [5.74, 6) is 0.914. The van der Waals surface area contributed by atoms with E-state index < -0.39 is 0 Å². The predicted octanol–water partition coefficient (Wildman–Crippen LogP) is 2.54. The van der Waals surface area contributed by atoms with Gasteiger partial charge >= 0.3 is 0 Å². The molecule has 1 aliphatic rings. The third-order valence-corrected chi connectivity index (χ3v) is 4.62. The van der Waals surface area contributed by atoms with Crippen molar-refractivity contribution in [3.8, 4) is 0 Å². The van der Waals surface area contributed by atoms with Crippen molar-refractivity contribution >= 4 is 22.6 Å². The van der Waals surface area contributed by atoms with Crippen LogP contribution in [0.3, 0.4) is 0 Å². The molecule has 0 saturated heterocycles. The van der Waals surface area contributed by atoms with Crippen molar-refractivity contribution in [1.29, 1.82) is 0 Å². The maximum atomic E-state index is 2.60. The van der Waals surface area contributed by atoms with Gasteiger partial charge in [0, 0.05) is 9.97 Å². The topological polar surface area (TPSA) is 3.24 Å². The standard InChI is InChI=1S/C9H18IN/c1-7-6-8(11(2)3)4-5-9(7)10/h7-9H,4-6H2,1-3H3. The first-order chi connectivity index (χ1) is 5.11. The van der Waals surface area contributed by atoms with Crippen LogP contribution in [0, 0.1) is 5.92 Å². The summed E-state index contributed by atoms with van der Waals surface area (Å²) >= 11 is 2.60. The predicted molar refractivity (Wildman–Crippen MR) is 58.3 cm³/mol. The maximum Gasteiger partial charge on any atom is 0.0136 e. The molecule has 0 amide bonds. The Morgan fingerprint density at radius 1 is 1.27 bits per heavy atom. The highest BCUT2D eigenvalue weighted by Crippen LogP contribution is 2.31. The first kappa shape index (κ1) is 9.78. The molecule has 0 aromatic carbocycles. The quantitative estimate of drug-likeness (QED) is 0.521. The Bertz CT molecular complexity index is 125. The molecule has 1 rings (SSSR count). The summed E-state index contributed by atoms with van der Waals surface area (Å²) in [6, 6.07) is 0.844. The van der Waals surface area contributed by atoms with Crippen molar-refractivity contribution in [2.75, 3.05) is 14.1 Å².